The normalized spacial score (nSPS) is 24.2. The topological polar surface area (TPSA) is 75.4 Å². The van der Waals surface area contributed by atoms with Gasteiger partial charge in [-0.2, -0.15) is 0 Å². The van der Waals surface area contributed by atoms with Crippen molar-refractivity contribution in [1.29, 1.82) is 0 Å². The zero-order valence-electron chi connectivity index (χ0n) is 11.3. The molecule has 1 saturated carbocycles. The van der Waals surface area contributed by atoms with E-state index in [0.29, 0.717) is 19.6 Å². The summed E-state index contributed by atoms with van der Waals surface area (Å²) in [6, 6.07) is 9.30. The van der Waals surface area contributed by atoms with Crippen molar-refractivity contribution >= 4 is 11.8 Å². The van der Waals surface area contributed by atoms with Crippen LogP contribution in [0.15, 0.2) is 30.3 Å². The van der Waals surface area contributed by atoms with Crippen LogP contribution in [0.2, 0.25) is 0 Å². The Bertz CT molecular complexity index is 525. The maximum atomic E-state index is 12.9. The number of nitrogens with two attached hydrogens (primary N) is 1. The minimum absolute atomic E-state index is 0.0500. The van der Waals surface area contributed by atoms with Crippen molar-refractivity contribution in [2.75, 3.05) is 19.6 Å². The molecule has 5 heteroatoms. The van der Waals surface area contributed by atoms with Crippen molar-refractivity contribution < 1.29 is 9.59 Å². The smallest absolute Gasteiger partial charge is 0.241 e. The van der Waals surface area contributed by atoms with Crippen molar-refractivity contribution in [2.45, 2.75) is 24.3 Å². The fourth-order valence-corrected chi connectivity index (χ4v) is 2.98. The van der Waals surface area contributed by atoms with Crippen molar-refractivity contribution in [3.05, 3.63) is 35.9 Å². The highest BCUT2D eigenvalue weighted by molar-refractivity contribution is 5.95. The first-order valence-electron chi connectivity index (χ1n) is 7.02. The number of amides is 2. The van der Waals surface area contributed by atoms with Gasteiger partial charge in [-0.1, -0.05) is 30.3 Å². The number of rotatable bonds is 3. The molecule has 1 aromatic carbocycles. The second kappa shape index (κ2) is 4.90. The molecular formula is C15H19N3O2. The summed E-state index contributed by atoms with van der Waals surface area (Å²) < 4.78 is 0. The van der Waals surface area contributed by atoms with Gasteiger partial charge in [0.25, 0.3) is 0 Å². The molecule has 3 N–H and O–H groups in total. The summed E-state index contributed by atoms with van der Waals surface area (Å²) in [6.45, 7) is 1.70. The van der Waals surface area contributed by atoms with Crippen LogP contribution in [0.3, 0.4) is 0 Å². The highest BCUT2D eigenvalue weighted by Gasteiger charge is 2.54. The second-order valence-electron chi connectivity index (χ2n) is 5.57. The molecule has 5 nitrogen and oxygen atoms in total. The zero-order chi connectivity index (χ0) is 14.2. The van der Waals surface area contributed by atoms with Gasteiger partial charge in [0.2, 0.25) is 11.8 Å². The van der Waals surface area contributed by atoms with Crippen LogP contribution >= 0.6 is 0 Å². The summed E-state index contributed by atoms with van der Waals surface area (Å²) in [4.78, 5) is 26.1. The van der Waals surface area contributed by atoms with E-state index in [1.54, 1.807) is 4.90 Å². The van der Waals surface area contributed by atoms with Crippen molar-refractivity contribution in [3.63, 3.8) is 0 Å². The maximum Gasteiger partial charge on any atom is 0.241 e. The van der Waals surface area contributed by atoms with Crippen molar-refractivity contribution in [3.8, 4) is 0 Å². The monoisotopic (exact) mass is 273 g/mol. The molecular weight excluding hydrogens is 254 g/mol. The minimum atomic E-state index is -0.530. The molecule has 2 aliphatic rings. The molecule has 1 heterocycles. The van der Waals surface area contributed by atoms with E-state index < -0.39 is 17.4 Å². The van der Waals surface area contributed by atoms with Gasteiger partial charge in [-0.25, -0.2) is 0 Å². The summed E-state index contributed by atoms with van der Waals surface area (Å²) >= 11 is 0. The first kappa shape index (κ1) is 13.1. The van der Waals surface area contributed by atoms with E-state index in [9.17, 15) is 9.59 Å². The van der Waals surface area contributed by atoms with Gasteiger partial charge in [0.1, 0.15) is 6.04 Å². The Morgan fingerprint density at radius 2 is 1.95 bits per heavy atom. The third-order valence-electron chi connectivity index (χ3n) is 4.32. The molecule has 0 radical (unpaired) electrons. The second-order valence-corrected chi connectivity index (χ2v) is 5.57. The molecule has 1 aliphatic carbocycles. The third-order valence-corrected chi connectivity index (χ3v) is 4.32. The molecule has 106 valence electrons. The Hall–Kier alpha value is -1.88. The van der Waals surface area contributed by atoms with Crippen LogP contribution in [0.1, 0.15) is 18.4 Å². The Labute approximate surface area is 118 Å². The lowest BCUT2D eigenvalue weighted by molar-refractivity contribution is -0.142. The largest absolute Gasteiger partial charge is 0.368 e. The minimum Gasteiger partial charge on any atom is -0.368 e. The molecule has 2 amide bonds. The van der Waals surface area contributed by atoms with Gasteiger partial charge in [0.05, 0.1) is 5.41 Å². The average molecular weight is 273 g/mol. The lowest BCUT2D eigenvalue weighted by atomic mass is 9.93. The number of benzene rings is 1. The number of piperazine rings is 1. The Balaban J connectivity index is 1.86. The van der Waals surface area contributed by atoms with Gasteiger partial charge < -0.3 is 16.0 Å². The van der Waals surface area contributed by atoms with E-state index in [-0.39, 0.29) is 5.91 Å². The lowest BCUT2D eigenvalue weighted by Gasteiger charge is -2.36. The van der Waals surface area contributed by atoms with Crippen molar-refractivity contribution in [2.24, 2.45) is 5.73 Å². The third kappa shape index (κ3) is 2.08. The summed E-state index contributed by atoms with van der Waals surface area (Å²) in [5.74, 6) is -0.386. The van der Waals surface area contributed by atoms with Crippen LogP contribution in [0.5, 0.6) is 0 Å². The fourth-order valence-electron chi connectivity index (χ4n) is 2.98. The van der Waals surface area contributed by atoms with Crippen LogP contribution in [-0.4, -0.2) is 42.4 Å². The molecule has 1 aromatic rings. The van der Waals surface area contributed by atoms with Gasteiger partial charge in [-0.3, -0.25) is 9.59 Å². The SMILES string of the molecule is NC(=O)C1CNCCN1C(=O)C1(c2ccccc2)CC1. The standard InChI is InChI=1S/C15H19N3O2/c16-13(19)12-10-17-8-9-18(12)14(20)15(6-7-15)11-4-2-1-3-5-11/h1-5,12,17H,6-10H2,(H2,16,19). The molecule has 3 rings (SSSR count). The van der Waals surface area contributed by atoms with Gasteiger partial charge in [-0.15, -0.1) is 0 Å². The summed E-state index contributed by atoms with van der Waals surface area (Å²) in [5.41, 5.74) is 6.05. The predicted octanol–water partition coefficient (Wildman–Crippen LogP) is 0.00390. The summed E-state index contributed by atoms with van der Waals surface area (Å²) in [7, 11) is 0. The van der Waals surface area contributed by atoms with Gasteiger partial charge in [-0.05, 0) is 18.4 Å². The first-order chi connectivity index (χ1) is 9.65. The quantitative estimate of drug-likeness (QED) is 0.814. The number of hydrogen-bond donors (Lipinski definition) is 2. The van der Waals surface area contributed by atoms with Gasteiger partial charge in [0.15, 0.2) is 0 Å². The Morgan fingerprint density at radius 1 is 1.25 bits per heavy atom. The number of hydrogen-bond acceptors (Lipinski definition) is 3. The van der Waals surface area contributed by atoms with E-state index in [4.69, 9.17) is 5.73 Å². The van der Waals surface area contributed by atoms with Gasteiger partial charge in [0, 0.05) is 19.6 Å². The molecule has 20 heavy (non-hydrogen) atoms. The lowest BCUT2D eigenvalue weighted by Crippen LogP contribution is -2.60. The summed E-state index contributed by atoms with van der Waals surface area (Å²) in [6.07, 6.45) is 1.70. The van der Waals surface area contributed by atoms with Crippen LogP contribution in [0, 0.1) is 0 Å². The number of nitrogens with one attached hydrogen (secondary N) is 1. The Morgan fingerprint density at radius 3 is 2.55 bits per heavy atom. The zero-order valence-corrected chi connectivity index (χ0v) is 11.3. The van der Waals surface area contributed by atoms with E-state index in [2.05, 4.69) is 5.32 Å². The van der Waals surface area contributed by atoms with Crippen LogP contribution in [-0.2, 0) is 15.0 Å². The molecule has 0 bridgehead atoms. The van der Waals surface area contributed by atoms with Gasteiger partial charge >= 0.3 is 0 Å². The highest BCUT2D eigenvalue weighted by Crippen LogP contribution is 2.49. The molecule has 0 aromatic heterocycles. The van der Waals surface area contributed by atoms with Crippen LogP contribution in [0.25, 0.3) is 0 Å². The van der Waals surface area contributed by atoms with Crippen LogP contribution < -0.4 is 11.1 Å². The highest BCUT2D eigenvalue weighted by atomic mass is 16.2. The molecule has 1 saturated heterocycles. The van der Waals surface area contributed by atoms with E-state index in [1.165, 1.54) is 0 Å². The van der Waals surface area contributed by atoms with Crippen molar-refractivity contribution in [1.82, 2.24) is 10.2 Å². The number of primary amides is 1. The number of carbonyl (C=O) groups is 2. The summed E-state index contributed by atoms with van der Waals surface area (Å²) in [5, 5.41) is 3.12. The predicted molar refractivity (Wildman–Crippen MR) is 74.9 cm³/mol. The first-order valence-corrected chi connectivity index (χ1v) is 7.02. The van der Waals surface area contributed by atoms with E-state index in [0.717, 1.165) is 18.4 Å². The molecule has 2 fully saturated rings. The maximum absolute atomic E-state index is 12.9. The van der Waals surface area contributed by atoms with E-state index in [1.807, 2.05) is 30.3 Å². The fraction of sp³-hybridized carbons (Fsp3) is 0.467. The molecule has 1 atom stereocenters. The molecule has 0 spiro atoms. The van der Waals surface area contributed by atoms with E-state index >= 15 is 0 Å². The number of nitrogens with zero attached hydrogens (tertiary/aromatic N) is 1. The average Bonchev–Trinajstić information content (AvgIpc) is 3.29. The number of carbonyl (C=O) groups excluding carboxylic acids is 2. The molecule has 1 unspecified atom stereocenters. The molecule has 1 aliphatic heterocycles. The van der Waals surface area contributed by atoms with Crippen LogP contribution in [0.4, 0.5) is 0 Å². The Kier molecular flexibility index (Phi) is 3.22.